The van der Waals surface area contributed by atoms with Crippen molar-refractivity contribution in [1.82, 2.24) is 10.2 Å². The van der Waals surface area contributed by atoms with Crippen LogP contribution in [0.15, 0.2) is 24.3 Å². The smallest absolute Gasteiger partial charge is 0.242 e. The van der Waals surface area contributed by atoms with Gasteiger partial charge < -0.3 is 15.0 Å². The van der Waals surface area contributed by atoms with Crippen molar-refractivity contribution in [2.24, 2.45) is 0 Å². The van der Waals surface area contributed by atoms with E-state index in [2.05, 4.69) is 12.2 Å². The molecule has 24 heavy (non-hydrogen) atoms. The SMILES string of the molecule is CCCCCNC(=O)[C@H](C)N(Cc1ccc(OC)cc1)C(=O)CC. The zero-order valence-corrected chi connectivity index (χ0v) is 15.3. The molecule has 134 valence electrons. The number of nitrogens with one attached hydrogen (secondary N) is 1. The summed E-state index contributed by atoms with van der Waals surface area (Å²) in [5.41, 5.74) is 0.975. The van der Waals surface area contributed by atoms with Crippen LogP contribution in [0, 0.1) is 0 Å². The van der Waals surface area contributed by atoms with Gasteiger partial charge in [-0.25, -0.2) is 0 Å². The average molecular weight is 334 g/mol. The molecule has 1 atom stereocenters. The summed E-state index contributed by atoms with van der Waals surface area (Å²) >= 11 is 0. The predicted octanol–water partition coefficient (Wildman–Crippen LogP) is 3.13. The topological polar surface area (TPSA) is 58.6 Å². The molecular weight excluding hydrogens is 304 g/mol. The summed E-state index contributed by atoms with van der Waals surface area (Å²) in [4.78, 5) is 26.3. The molecule has 1 aromatic carbocycles. The standard InChI is InChI=1S/C19H30N2O3/c1-5-7-8-13-20-19(23)15(3)21(18(22)6-2)14-16-9-11-17(24-4)12-10-16/h9-12,15H,5-8,13-14H2,1-4H3,(H,20,23)/t15-/m0/s1. The molecular formula is C19H30N2O3. The molecule has 0 saturated carbocycles. The second-order valence-corrected chi connectivity index (χ2v) is 5.90. The van der Waals surface area contributed by atoms with Crippen LogP contribution in [0.25, 0.3) is 0 Å². The third-order valence-corrected chi connectivity index (χ3v) is 4.06. The van der Waals surface area contributed by atoms with Crippen LogP contribution in [0.5, 0.6) is 5.75 Å². The van der Waals surface area contributed by atoms with Gasteiger partial charge in [0.2, 0.25) is 11.8 Å². The maximum Gasteiger partial charge on any atom is 0.242 e. The van der Waals surface area contributed by atoms with E-state index in [9.17, 15) is 9.59 Å². The van der Waals surface area contributed by atoms with Crippen molar-refractivity contribution in [2.45, 2.75) is 59.0 Å². The summed E-state index contributed by atoms with van der Waals surface area (Å²) in [5, 5.41) is 2.93. The Morgan fingerprint density at radius 1 is 1.17 bits per heavy atom. The molecule has 0 aliphatic carbocycles. The lowest BCUT2D eigenvalue weighted by Gasteiger charge is -2.28. The average Bonchev–Trinajstić information content (AvgIpc) is 2.62. The molecule has 0 fully saturated rings. The highest BCUT2D eigenvalue weighted by Crippen LogP contribution is 2.15. The summed E-state index contributed by atoms with van der Waals surface area (Å²) < 4.78 is 5.15. The van der Waals surface area contributed by atoms with Crippen molar-refractivity contribution in [2.75, 3.05) is 13.7 Å². The molecule has 0 unspecified atom stereocenters. The van der Waals surface area contributed by atoms with E-state index in [1.807, 2.05) is 31.2 Å². The second-order valence-electron chi connectivity index (χ2n) is 5.90. The Hall–Kier alpha value is -2.04. The summed E-state index contributed by atoms with van der Waals surface area (Å²) in [6, 6.07) is 7.07. The Morgan fingerprint density at radius 2 is 1.83 bits per heavy atom. The molecule has 0 saturated heterocycles. The highest BCUT2D eigenvalue weighted by atomic mass is 16.5. The van der Waals surface area contributed by atoms with Crippen LogP contribution in [-0.2, 0) is 16.1 Å². The van der Waals surface area contributed by atoms with E-state index in [-0.39, 0.29) is 11.8 Å². The van der Waals surface area contributed by atoms with Gasteiger partial charge in [0.05, 0.1) is 7.11 Å². The number of benzene rings is 1. The fourth-order valence-electron chi connectivity index (χ4n) is 2.45. The van der Waals surface area contributed by atoms with Crippen molar-refractivity contribution >= 4 is 11.8 Å². The Morgan fingerprint density at radius 3 is 2.38 bits per heavy atom. The highest BCUT2D eigenvalue weighted by molar-refractivity contribution is 5.87. The van der Waals surface area contributed by atoms with Crippen LogP contribution in [0.4, 0.5) is 0 Å². The number of amides is 2. The summed E-state index contributed by atoms with van der Waals surface area (Å²) in [6.45, 7) is 6.80. The van der Waals surface area contributed by atoms with Gasteiger partial charge >= 0.3 is 0 Å². The Kier molecular flexibility index (Phi) is 8.90. The number of carbonyl (C=O) groups excluding carboxylic acids is 2. The number of hydrogen-bond donors (Lipinski definition) is 1. The number of rotatable bonds is 10. The first kappa shape index (κ1) is 20.0. The summed E-state index contributed by atoms with van der Waals surface area (Å²) in [5.74, 6) is 0.650. The minimum atomic E-state index is -0.485. The van der Waals surface area contributed by atoms with E-state index in [0.29, 0.717) is 19.5 Å². The number of unbranched alkanes of at least 4 members (excludes halogenated alkanes) is 2. The minimum absolute atomic E-state index is 0.0259. The largest absolute Gasteiger partial charge is 0.497 e. The zero-order valence-electron chi connectivity index (χ0n) is 15.3. The van der Waals surface area contributed by atoms with Gasteiger partial charge in [-0.1, -0.05) is 38.8 Å². The lowest BCUT2D eigenvalue weighted by molar-refractivity contribution is -0.140. The van der Waals surface area contributed by atoms with Crippen LogP contribution < -0.4 is 10.1 Å². The number of nitrogens with zero attached hydrogens (tertiary/aromatic N) is 1. The van der Waals surface area contributed by atoms with Crippen LogP contribution in [0.3, 0.4) is 0 Å². The molecule has 0 aromatic heterocycles. The minimum Gasteiger partial charge on any atom is -0.497 e. The molecule has 0 bridgehead atoms. The van der Waals surface area contributed by atoms with Gasteiger partial charge in [0, 0.05) is 19.5 Å². The van der Waals surface area contributed by atoms with Crippen molar-refractivity contribution < 1.29 is 14.3 Å². The van der Waals surface area contributed by atoms with Gasteiger partial charge in [0.25, 0.3) is 0 Å². The first-order valence-corrected chi connectivity index (χ1v) is 8.73. The van der Waals surface area contributed by atoms with Gasteiger partial charge in [-0.15, -0.1) is 0 Å². The second kappa shape index (κ2) is 10.7. The molecule has 2 amide bonds. The molecule has 0 heterocycles. The third kappa shape index (κ3) is 6.22. The first-order valence-electron chi connectivity index (χ1n) is 8.73. The molecule has 5 nitrogen and oxygen atoms in total. The molecule has 0 radical (unpaired) electrons. The van der Waals surface area contributed by atoms with Gasteiger partial charge in [0.15, 0.2) is 0 Å². The predicted molar refractivity (Wildman–Crippen MR) is 95.8 cm³/mol. The lowest BCUT2D eigenvalue weighted by atomic mass is 10.1. The van der Waals surface area contributed by atoms with Gasteiger partial charge in [-0.3, -0.25) is 9.59 Å². The van der Waals surface area contributed by atoms with E-state index in [4.69, 9.17) is 4.74 Å². The highest BCUT2D eigenvalue weighted by Gasteiger charge is 2.24. The lowest BCUT2D eigenvalue weighted by Crippen LogP contribution is -2.47. The molecule has 0 aliphatic heterocycles. The van der Waals surface area contributed by atoms with Crippen molar-refractivity contribution in [3.05, 3.63) is 29.8 Å². The van der Waals surface area contributed by atoms with E-state index in [0.717, 1.165) is 30.6 Å². The van der Waals surface area contributed by atoms with Gasteiger partial charge in [0.1, 0.15) is 11.8 Å². The summed E-state index contributed by atoms with van der Waals surface area (Å²) in [7, 11) is 1.62. The zero-order chi connectivity index (χ0) is 17.9. The maximum absolute atomic E-state index is 12.3. The summed E-state index contributed by atoms with van der Waals surface area (Å²) in [6.07, 6.45) is 3.56. The Labute approximate surface area is 145 Å². The van der Waals surface area contributed by atoms with E-state index < -0.39 is 6.04 Å². The quantitative estimate of drug-likeness (QED) is 0.669. The number of hydrogen-bond acceptors (Lipinski definition) is 3. The van der Waals surface area contributed by atoms with Crippen molar-refractivity contribution in [3.8, 4) is 5.75 Å². The molecule has 0 spiro atoms. The number of ether oxygens (including phenoxy) is 1. The fourth-order valence-corrected chi connectivity index (χ4v) is 2.45. The number of methoxy groups -OCH3 is 1. The Balaban J connectivity index is 2.72. The monoisotopic (exact) mass is 334 g/mol. The third-order valence-electron chi connectivity index (χ3n) is 4.06. The van der Waals surface area contributed by atoms with Crippen molar-refractivity contribution in [3.63, 3.8) is 0 Å². The van der Waals surface area contributed by atoms with Gasteiger partial charge in [-0.2, -0.15) is 0 Å². The van der Waals surface area contributed by atoms with Crippen LogP contribution in [0.1, 0.15) is 52.0 Å². The molecule has 1 N–H and O–H groups in total. The van der Waals surface area contributed by atoms with Crippen molar-refractivity contribution in [1.29, 1.82) is 0 Å². The van der Waals surface area contributed by atoms with Crippen LogP contribution in [0.2, 0.25) is 0 Å². The van der Waals surface area contributed by atoms with E-state index >= 15 is 0 Å². The van der Waals surface area contributed by atoms with E-state index in [1.54, 1.807) is 18.9 Å². The fraction of sp³-hybridized carbons (Fsp3) is 0.579. The first-order chi connectivity index (χ1) is 11.5. The molecule has 1 aromatic rings. The molecule has 0 aliphatic rings. The normalized spacial score (nSPS) is 11.7. The van der Waals surface area contributed by atoms with Crippen LogP contribution in [-0.4, -0.2) is 36.4 Å². The maximum atomic E-state index is 12.3. The van der Waals surface area contributed by atoms with Crippen LogP contribution >= 0.6 is 0 Å². The van der Waals surface area contributed by atoms with Gasteiger partial charge in [-0.05, 0) is 31.0 Å². The van der Waals surface area contributed by atoms with E-state index in [1.165, 1.54) is 0 Å². The number of carbonyl (C=O) groups is 2. The molecule has 1 rings (SSSR count). The molecule has 5 heteroatoms. The Bertz CT molecular complexity index is 514.